The Labute approximate surface area is 189 Å². The van der Waals surface area contributed by atoms with Crippen molar-refractivity contribution >= 4 is 34.7 Å². The van der Waals surface area contributed by atoms with Gasteiger partial charge in [0, 0.05) is 25.4 Å². The molecule has 4 rings (SSSR count). The number of hydrogen-bond donors (Lipinski definition) is 3. The summed E-state index contributed by atoms with van der Waals surface area (Å²) in [5.41, 5.74) is 1.09. The Bertz CT molecular complexity index is 990. The summed E-state index contributed by atoms with van der Waals surface area (Å²) >= 11 is 0.776. The van der Waals surface area contributed by atoms with Gasteiger partial charge < -0.3 is 25.6 Å². The van der Waals surface area contributed by atoms with Gasteiger partial charge in [0.15, 0.2) is 5.79 Å². The number of halogens is 2. The van der Waals surface area contributed by atoms with Crippen LogP contribution in [0.15, 0.2) is 36.4 Å². The lowest BCUT2D eigenvalue weighted by atomic mass is 9.92. The van der Waals surface area contributed by atoms with E-state index < -0.39 is 23.7 Å². The summed E-state index contributed by atoms with van der Waals surface area (Å²) in [7, 11) is 0. The average molecular weight is 465 g/mol. The van der Waals surface area contributed by atoms with Crippen molar-refractivity contribution in [3.63, 3.8) is 0 Å². The van der Waals surface area contributed by atoms with Crippen molar-refractivity contribution in [3.05, 3.63) is 46.2 Å². The number of para-hydroxylation sites is 2. The summed E-state index contributed by atoms with van der Waals surface area (Å²) in [5.74, 6) is -1.34. The highest BCUT2D eigenvalue weighted by molar-refractivity contribution is 7.14. The fourth-order valence-corrected chi connectivity index (χ4v) is 4.62. The first-order valence-corrected chi connectivity index (χ1v) is 11.2. The monoisotopic (exact) mass is 464 g/mol. The molecule has 32 heavy (non-hydrogen) atoms. The zero-order valence-electron chi connectivity index (χ0n) is 18.1. The van der Waals surface area contributed by atoms with E-state index in [4.69, 9.17) is 4.74 Å². The lowest BCUT2D eigenvalue weighted by Gasteiger charge is -2.44. The van der Waals surface area contributed by atoms with E-state index in [9.17, 15) is 18.4 Å². The van der Waals surface area contributed by atoms with Gasteiger partial charge in [-0.2, -0.15) is 0 Å². The minimum Gasteiger partial charge on any atom is -0.444 e. The van der Waals surface area contributed by atoms with Crippen LogP contribution >= 0.6 is 11.3 Å². The molecule has 0 radical (unpaired) electrons. The predicted molar refractivity (Wildman–Crippen MR) is 119 cm³/mol. The second kappa shape index (κ2) is 8.23. The van der Waals surface area contributed by atoms with Crippen LogP contribution in [0.25, 0.3) is 0 Å². The molecular weight excluding hydrogens is 438 g/mol. The number of nitrogens with zero attached hydrogens (tertiary/aromatic N) is 1. The van der Waals surface area contributed by atoms with Crippen molar-refractivity contribution in [3.8, 4) is 0 Å². The van der Waals surface area contributed by atoms with Gasteiger partial charge in [0.1, 0.15) is 5.60 Å². The maximum absolute atomic E-state index is 12.9. The van der Waals surface area contributed by atoms with Gasteiger partial charge >= 0.3 is 6.09 Å². The van der Waals surface area contributed by atoms with Crippen LogP contribution in [-0.4, -0.2) is 41.4 Å². The fraction of sp³-hybridized carbons (Fsp3) is 0.455. The topological polar surface area (TPSA) is 82.7 Å². The van der Waals surface area contributed by atoms with Crippen molar-refractivity contribution < 1.29 is 23.1 Å². The number of carbonyl (C=O) groups is 2. The SMILES string of the molecule is CC(C)(C)OC(=O)N1CC(CC2(NC(=O)c3ccc(C(F)F)s3)Nc3ccccc3N2)C1. The van der Waals surface area contributed by atoms with E-state index in [1.165, 1.54) is 12.1 Å². The van der Waals surface area contributed by atoms with Crippen molar-refractivity contribution in [1.82, 2.24) is 10.2 Å². The molecule has 172 valence electrons. The van der Waals surface area contributed by atoms with E-state index >= 15 is 0 Å². The van der Waals surface area contributed by atoms with Gasteiger partial charge in [0.25, 0.3) is 12.3 Å². The first-order valence-electron chi connectivity index (χ1n) is 10.4. The molecule has 0 bridgehead atoms. The number of nitrogens with one attached hydrogen (secondary N) is 3. The number of fused-ring (bicyclic) bond motifs is 1. The molecule has 7 nitrogen and oxygen atoms in total. The smallest absolute Gasteiger partial charge is 0.410 e. The maximum atomic E-state index is 12.9. The maximum Gasteiger partial charge on any atom is 0.410 e. The lowest BCUT2D eigenvalue weighted by molar-refractivity contribution is -0.00501. The summed E-state index contributed by atoms with van der Waals surface area (Å²) in [4.78, 5) is 26.8. The van der Waals surface area contributed by atoms with Gasteiger partial charge in [0.2, 0.25) is 0 Å². The van der Waals surface area contributed by atoms with Gasteiger partial charge in [-0.1, -0.05) is 12.1 Å². The average Bonchev–Trinajstić information content (AvgIpc) is 3.27. The number of benzene rings is 1. The van der Waals surface area contributed by atoms with Crippen molar-refractivity contribution in [2.45, 2.75) is 45.0 Å². The number of anilines is 2. The molecule has 2 amide bonds. The molecule has 0 unspecified atom stereocenters. The zero-order chi connectivity index (χ0) is 23.1. The Balaban J connectivity index is 1.46. The Morgan fingerprint density at radius 1 is 1.19 bits per heavy atom. The molecule has 0 atom stereocenters. The second-order valence-electron chi connectivity index (χ2n) is 9.11. The molecule has 1 aromatic carbocycles. The minimum atomic E-state index is -2.61. The van der Waals surface area contributed by atoms with Crippen LogP contribution in [0.1, 0.15) is 48.2 Å². The number of carbonyl (C=O) groups excluding carboxylic acids is 2. The molecule has 10 heteroatoms. The lowest BCUT2D eigenvalue weighted by Crippen LogP contribution is -2.62. The van der Waals surface area contributed by atoms with Crippen molar-refractivity contribution in [1.29, 1.82) is 0 Å². The van der Waals surface area contributed by atoms with E-state index in [-0.39, 0.29) is 21.8 Å². The van der Waals surface area contributed by atoms with E-state index in [2.05, 4.69) is 16.0 Å². The second-order valence-corrected chi connectivity index (χ2v) is 10.2. The van der Waals surface area contributed by atoms with Gasteiger partial charge in [-0.05, 0) is 45.0 Å². The number of hydrogen-bond acceptors (Lipinski definition) is 6. The largest absolute Gasteiger partial charge is 0.444 e. The highest BCUT2D eigenvalue weighted by Gasteiger charge is 2.44. The van der Waals surface area contributed by atoms with Crippen molar-refractivity contribution in [2.24, 2.45) is 5.92 Å². The molecule has 1 aromatic heterocycles. The minimum absolute atomic E-state index is 0.108. The highest BCUT2D eigenvalue weighted by atomic mass is 32.1. The Morgan fingerprint density at radius 2 is 1.81 bits per heavy atom. The summed E-state index contributed by atoms with van der Waals surface area (Å²) in [6, 6.07) is 10.2. The summed E-state index contributed by atoms with van der Waals surface area (Å²) in [5, 5.41) is 9.64. The molecule has 2 aliphatic rings. The van der Waals surface area contributed by atoms with E-state index in [1.807, 2.05) is 45.0 Å². The van der Waals surface area contributed by atoms with Crippen LogP contribution in [-0.2, 0) is 4.74 Å². The molecule has 1 fully saturated rings. The Hall–Kier alpha value is -2.88. The molecular formula is C22H26F2N4O3S. The van der Waals surface area contributed by atoms with Crippen LogP contribution in [0.2, 0.25) is 0 Å². The number of thiophene rings is 1. The number of ether oxygens (including phenoxy) is 1. The number of alkyl halides is 2. The third-order valence-corrected chi connectivity index (χ3v) is 6.31. The summed E-state index contributed by atoms with van der Waals surface area (Å²) < 4.78 is 31.3. The Morgan fingerprint density at radius 3 is 2.34 bits per heavy atom. The molecule has 3 N–H and O–H groups in total. The van der Waals surface area contributed by atoms with Crippen molar-refractivity contribution in [2.75, 3.05) is 23.7 Å². The molecule has 2 aromatic rings. The quantitative estimate of drug-likeness (QED) is 0.589. The summed E-state index contributed by atoms with van der Waals surface area (Å²) in [6.45, 7) is 6.46. The van der Waals surface area contributed by atoms with Gasteiger partial charge in [-0.25, -0.2) is 13.6 Å². The van der Waals surface area contributed by atoms with Gasteiger partial charge in [-0.3, -0.25) is 4.79 Å². The van der Waals surface area contributed by atoms with E-state index in [0.717, 1.165) is 22.7 Å². The molecule has 0 spiro atoms. The standard InChI is InChI=1S/C22H26F2N4O3S/c1-21(2,3)31-20(30)28-11-13(12-28)10-22(25-14-6-4-5-7-15(14)26-22)27-19(29)17-9-8-16(32-17)18(23)24/h4-9,13,18,25-26H,10-12H2,1-3H3,(H,27,29). The van der Waals surface area contributed by atoms with Gasteiger partial charge in [-0.15, -0.1) is 11.3 Å². The van der Waals surface area contributed by atoms with E-state index in [1.54, 1.807) is 4.90 Å². The molecule has 3 heterocycles. The van der Waals surface area contributed by atoms with Crippen LogP contribution in [0, 0.1) is 5.92 Å². The molecule has 0 saturated carbocycles. The van der Waals surface area contributed by atoms with Crippen LogP contribution in [0.3, 0.4) is 0 Å². The first kappa shape index (κ1) is 22.3. The fourth-order valence-electron chi connectivity index (χ4n) is 3.86. The van der Waals surface area contributed by atoms with Gasteiger partial charge in [0.05, 0.1) is 21.1 Å². The summed E-state index contributed by atoms with van der Waals surface area (Å²) in [6.07, 6.45) is -2.49. The normalized spacial score (nSPS) is 17.2. The van der Waals surface area contributed by atoms with E-state index in [0.29, 0.717) is 19.5 Å². The first-order chi connectivity index (χ1) is 15.0. The molecule has 0 aliphatic carbocycles. The third-order valence-electron chi connectivity index (χ3n) is 5.22. The highest BCUT2D eigenvalue weighted by Crippen LogP contribution is 2.38. The number of amides is 2. The predicted octanol–water partition coefficient (Wildman–Crippen LogP) is 4.86. The van der Waals surface area contributed by atoms with Crippen LogP contribution < -0.4 is 16.0 Å². The number of rotatable bonds is 5. The van der Waals surface area contributed by atoms with Crippen LogP contribution in [0.4, 0.5) is 25.0 Å². The molecule has 1 saturated heterocycles. The Kier molecular flexibility index (Phi) is 5.74. The molecule has 2 aliphatic heterocycles. The zero-order valence-corrected chi connectivity index (χ0v) is 18.9. The number of likely N-dealkylation sites (tertiary alicyclic amines) is 1. The third kappa shape index (κ3) is 4.79. The van der Waals surface area contributed by atoms with Crippen LogP contribution in [0.5, 0.6) is 0 Å².